The number of sulfone groups is 1. The summed E-state index contributed by atoms with van der Waals surface area (Å²) in [5.74, 6) is 0. The smallest absolute Gasteiger partial charge is 0.172 e. The molecule has 0 aromatic heterocycles. The third-order valence-corrected chi connectivity index (χ3v) is 4.35. The molecule has 0 saturated heterocycles. The van der Waals surface area contributed by atoms with E-state index in [1.807, 2.05) is 37.2 Å². The zero-order valence-corrected chi connectivity index (χ0v) is 11.2. The van der Waals surface area contributed by atoms with E-state index in [0.717, 1.165) is 22.5 Å². The number of fused-ring (bicyclic) bond motifs is 1. The summed E-state index contributed by atoms with van der Waals surface area (Å²) in [5, 5.41) is 1.91. The molecule has 0 radical (unpaired) electrons. The van der Waals surface area contributed by atoms with Crippen molar-refractivity contribution in [3.63, 3.8) is 0 Å². The summed E-state index contributed by atoms with van der Waals surface area (Å²) in [6.07, 6.45) is 4.82. The van der Waals surface area contributed by atoms with Gasteiger partial charge >= 0.3 is 0 Å². The summed E-state index contributed by atoms with van der Waals surface area (Å²) in [6, 6.07) is 5.83. The molecule has 0 saturated carbocycles. The number of rotatable bonds is 2. The highest BCUT2D eigenvalue weighted by molar-refractivity contribution is 7.99. The minimum absolute atomic E-state index is 0.568. The second-order valence-corrected chi connectivity index (χ2v) is 6.61. The molecule has 0 atom stereocenters. The highest BCUT2D eigenvalue weighted by Gasteiger charge is 2.16. The molecule has 0 fully saturated rings. The van der Waals surface area contributed by atoms with E-state index < -0.39 is 9.84 Å². The van der Waals surface area contributed by atoms with Crippen LogP contribution in [-0.4, -0.2) is 28.8 Å². The van der Waals surface area contributed by atoms with Crippen LogP contribution in [0, 0.1) is 0 Å². The molecule has 1 aromatic rings. The van der Waals surface area contributed by atoms with Crippen LogP contribution < -0.4 is 15.3 Å². The van der Waals surface area contributed by atoms with Crippen LogP contribution in [0.15, 0.2) is 18.2 Å². The lowest BCUT2D eigenvalue weighted by atomic mass is 10.1. The van der Waals surface area contributed by atoms with E-state index in [0.29, 0.717) is 11.3 Å². The van der Waals surface area contributed by atoms with Crippen LogP contribution >= 0.6 is 0 Å². The fraction of sp³-hybridized carbons (Fsp3) is 0.385. The fourth-order valence-electron chi connectivity index (χ4n) is 2.27. The number of anilines is 1. The second kappa shape index (κ2) is 4.18. The Bertz CT molecular complexity index is 657. The Balaban J connectivity index is 2.91. The molecule has 0 amide bonds. The Hall–Kier alpha value is -1.29. The summed E-state index contributed by atoms with van der Waals surface area (Å²) < 4.78 is 23.5. The van der Waals surface area contributed by atoms with Gasteiger partial charge in [0, 0.05) is 31.3 Å². The first-order valence-electron chi connectivity index (χ1n) is 5.61. The highest BCUT2D eigenvalue weighted by Crippen LogP contribution is 2.15. The molecule has 1 aliphatic rings. The monoisotopic (exact) mass is 251 g/mol. The first-order valence-corrected chi connectivity index (χ1v) is 7.50. The molecule has 0 spiro atoms. The minimum atomic E-state index is -3.10. The number of nitrogens with zero attached hydrogens (tertiary/aromatic N) is 1. The zero-order valence-electron chi connectivity index (χ0n) is 10.4. The van der Waals surface area contributed by atoms with Gasteiger partial charge in [0.2, 0.25) is 0 Å². The van der Waals surface area contributed by atoms with Crippen LogP contribution in [0.5, 0.6) is 0 Å². The normalized spacial score (nSPS) is 15.1. The molecule has 2 rings (SSSR count). The van der Waals surface area contributed by atoms with Crippen molar-refractivity contribution < 1.29 is 8.42 Å². The Morgan fingerprint density at radius 2 is 1.94 bits per heavy atom. The Kier molecular flexibility index (Phi) is 3.00. The van der Waals surface area contributed by atoms with Gasteiger partial charge in [-0.1, -0.05) is 18.2 Å². The van der Waals surface area contributed by atoms with Gasteiger partial charge in [0.15, 0.2) is 9.84 Å². The SMILES string of the molecule is CN(C)c1cccc2c1=CCCC=2S(C)(=O)=O. The van der Waals surface area contributed by atoms with Gasteiger partial charge in [0.05, 0.1) is 4.91 Å². The summed E-state index contributed by atoms with van der Waals surface area (Å²) in [6.45, 7) is 0. The molecule has 92 valence electrons. The van der Waals surface area contributed by atoms with Crippen molar-refractivity contribution in [3.05, 3.63) is 28.6 Å². The van der Waals surface area contributed by atoms with E-state index >= 15 is 0 Å². The zero-order chi connectivity index (χ0) is 12.6. The van der Waals surface area contributed by atoms with E-state index in [2.05, 4.69) is 6.08 Å². The summed E-state index contributed by atoms with van der Waals surface area (Å²) in [4.78, 5) is 2.58. The van der Waals surface area contributed by atoms with Gasteiger partial charge in [0.1, 0.15) is 0 Å². The van der Waals surface area contributed by atoms with Crippen molar-refractivity contribution in [2.75, 3.05) is 25.3 Å². The Morgan fingerprint density at radius 3 is 2.53 bits per heavy atom. The molecule has 0 unspecified atom stereocenters. The first-order chi connectivity index (χ1) is 7.91. The molecule has 1 aromatic carbocycles. The molecule has 3 nitrogen and oxygen atoms in total. The molecule has 1 aliphatic carbocycles. The Labute approximate surface area is 102 Å². The van der Waals surface area contributed by atoms with Gasteiger partial charge in [-0.2, -0.15) is 0 Å². The third-order valence-electron chi connectivity index (χ3n) is 3.03. The lowest BCUT2D eigenvalue weighted by Gasteiger charge is -2.17. The van der Waals surface area contributed by atoms with Crippen molar-refractivity contribution in [3.8, 4) is 0 Å². The lowest BCUT2D eigenvalue weighted by molar-refractivity contribution is 0.609. The second-order valence-electron chi connectivity index (χ2n) is 4.57. The Morgan fingerprint density at radius 1 is 1.24 bits per heavy atom. The van der Waals surface area contributed by atoms with Crippen LogP contribution in [0.3, 0.4) is 0 Å². The maximum absolute atomic E-state index is 11.8. The quantitative estimate of drug-likeness (QED) is 0.767. The fourth-order valence-corrected chi connectivity index (χ4v) is 3.33. The van der Waals surface area contributed by atoms with E-state index in [1.54, 1.807) is 0 Å². The van der Waals surface area contributed by atoms with E-state index in [-0.39, 0.29) is 0 Å². The third kappa shape index (κ3) is 2.22. The molecule has 0 heterocycles. The van der Waals surface area contributed by atoms with Crippen molar-refractivity contribution in [2.45, 2.75) is 12.8 Å². The van der Waals surface area contributed by atoms with Gasteiger partial charge < -0.3 is 4.90 Å². The van der Waals surface area contributed by atoms with Crippen LogP contribution in [-0.2, 0) is 9.84 Å². The molecule has 17 heavy (non-hydrogen) atoms. The molecule has 4 heteroatoms. The largest absolute Gasteiger partial charge is 0.377 e. The van der Waals surface area contributed by atoms with E-state index in [1.165, 1.54) is 6.26 Å². The van der Waals surface area contributed by atoms with Gasteiger partial charge in [0.25, 0.3) is 0 Å². The van der Waals surface area contributed by atoms with Crippen LogP contribution in [0.2, 0.25) is 0 Å². The predicted molar refractivity (Wildman–Crippen MR) is 72.0 cm³/mol. The van der Waals surface area contributed by atoms with E-state index in [4.69, 9.17) is 0 Å². The maximum atomic E-state index is 11.8. The van der Waals surface area contributed by atoms with Crippen molar-refractivity contribution in [1.82, 2.24) is 0 Å². The van der Waals surface area contributed by atoms with Crippen molar-refractivity contribution in [1.29, 1.82) is 0 Å². The van der Waals surface area contributed by atoms with Crippen molar-refractivity contribution >= 4 is 26.5 Å². The minimum Gasteiger partial charge on any atom is -0.377 e. The standard InChI is InChI=1S/C13H17NO2S/c1-14(2)12-8-4-7-11-10(12)6-5-9-13(11)17(3,15)16/h4,6-8H,5,9H2,1-3H3. The number of benzene rings is 1. The summed E-state index contributed by atoms with van der Waals surface area (Å²) in [7, 11) is 0.837. The van der Waals surface area contributed by atoms with Crippen molar-refractivity contribution in [2.24, 2.45) is 0 Å². The molecule has 0 N–H and O–H groups in total. The molecular formula is C13H17NO2S. The average molecular weight is 251 g/mol. The number of hydrogen-bond acceptors (Lipinski definition) is 3. The predicted octanol–water partition coefficient (Wildman–Crippen LogP) is 0.480. The van der Waals surface area contributed by atoms with Gasteiger partial charge in [-0.3, -0.25) is 0 Å². The average Bonchev–Trinajstić information content (AvgIpc) is 2.26. The van der Waals surface area contributed by atoms with Gasteiger partial charge in [-0.15, -0.1) is 0 Å². The molecule has 0 bridgehead atoms. The van der Waals surface area contributed by atoms with Crippen LogP contribution in [0.4, 0.5) is 5.69 Å². The van der Waals surface area contributed by atoms with Gasteiger partial charge in [-0.25, -0.2) is 8.42 Å². The summed E-state index contributed by atoms with van der Waals surface area (Å²) >= 11 is 0. The maximum Gasteiger partial charge on any atom is 0.172 e. The van der Waals surface area contributed by atoms with Gasteiger partial charge in [-0.05, 0) is 24.1 Å². The van der Waals surface area contributed by atoms with E-state index in [9.17, 15) is 8.42 Å². The van der Waals surface area contributed by atoms with Crippen LogP contribution in [0.25, 0.3) is 11.0 Å². The first kappa shape index (κ1) is 12.2. The lowest BCUT2D eigenvalue weighted by Crippen LogP contribution is -2.35. The topological polar surface area (TPSA) is 37.4 Å². The number of hydrogen-bond donors (Lipinski definition) is 0. The molecule has 0 aliphatic heterocycles. The van der Waals surface area contributed by atoms with Crippen LogP contribution in [0.1, 0.15) is 12.8 Å². The highest BCUT2D eigenvalue weighted by atomic mass is 32.2. The summed E-state index contributed by atoms with van der Waals surface area (Å²) in [5.41, 5.74) is 1.07. The molecular weight excluding hydrogens is 234 g/mol.